The minimum absolute atomic E-state index is 0.0347. The molecule has 0 spiro atoms. The molecule has 0 aliphatic carbocycles. The zero-order valence-electron chi connectivity index (χ0n) is 4.78. The van der Waals surface area contributed by atoms with Crippen LogP contribution in [0, 0.1) is 0 Å². The van der Waals surface area contributed by atoms with Gasteiger partial charge in [-0.3, -0.25) is 9.80 Å². The molecule has 0 bridgehead atoms. The lowest BCUT2D eigenvalue weighted by atomic mass is 10.4. The first kappa shape index (κ1) is 4.93. The first-order chi connectivity index (χ1) is 4.38. The molecule has 48 valence electrons. The Bertz CT molecular complexity index is 178. The third-order valence-electron chi connectivity index (χ3n) is 1.44. The Labute approximate surface area is 52.1 Å². The van der Waals surface area contributed by atoms with Gasteiger partial charge in [0.05, 0.1) is 19.4 Å². The molecule has 0 radical (unpaired) electrons. The van der Waals surface area contributed by atoms with Crippen molar-refractivity contribution in [3.8, 4) is 0 Å². The summed E-state index contributed by atoms with van der Waals surface area (Å²) in [5, 5.41) is 5.47. The molecule has 0 aromatic heterocycles. The number of rotatable bonds is 0. The van der Waals surface area contributed by atoms with Crippen LogP contribution in [0.1, 0.15) is 0 Å². The standard InChI is InChI=1S/C5H6N2O2/c8-4-3-6-7-1-2-9-5(4)7/h3,5H,1-2H2. The van der Waals surface area contributed by atoms with E-state index in [2.05, 4.69) is 5.10 Å². The van der Waals surface area contributed by atoms with E-state index in [-0.39, 0.29) is 12.0 Å². The molecule has 2 rings (SSSR count). The van der Waals surface area contributed by atoms with Gasteiger partial charge in [0.15, 0.2) is 0 Å². The van der Waals surface area contributed by atoms with E-state index < -0.39 is 0 Å². The molecule has 0 aromatic rings. The van der Waals surface area contributed by atoms with E-state index in [0.29, 0.717) is 6.61 Å². The van der Waals surface area contributed by atoms with E-state index in [0.717, 1.165) is 6.54 Å². The van der Waals surface area contributed by atoms with Crippen LogP contribution in [0.15, 0.2) is 5.10 Å². The molecule has 2 heterocycles. The Hall–Kier alpha value is -0.900. The fraction of sp³-hybridized carbons (Fsp3) is 0.600. The highest BCUT2D eigenvalue weighted by Gasteiger charge is 2.33. The smallest absolute Gasteiger partial charge is 0.226 e. The van der Waals surface area contributed by atoms with Crippen molar-refractivity contribution >= 4 is 12.0 Å². The maximum atomic E-state index is 10.7. The molecular weight excluding hydrogens is 120 g/mol. The van der Waals surface area contributed by atoms with Crippen molar-refractivity contribution in [2.24, 2.45) is 5.10 Å². The van der Waals surface area contributed by atoms with Crippen LogP contribution in [-0.2, 0) is 9.53 Å². The first-order valence-electron chi connectivity index (χ1n) is 2.84. The second-order valence-electron chi connectivity index (χ2n) is 2.03. The molecule has 0 amide bonds. The molecule has 1 unspecified atom stereocenters. The summed E-state index contributed by atoms with van der Waals surface area (Å²) in [6, 6.07) is 0. The van der Waals surface area contributed by atoms with Gasteiger partial charge in [0.1, 0.15) is 0 Å². The third kappa shape index (κ3) is 0.564. The highest BCUT2D eigenvalue weighted by Crippen LogP contribution is 2.14. The first-order valence-corrected chi connectivity index (χ1v) is 2.84. The SMILES string of the molecule is O=C1C=NN2CCOC12. The third-order valence-corrected chi connectivity index (χ3v) is 1.44. The van der Waals surface area contributed by atoms with Crippen molar-refractivity contribution < 1.29 is 9.53 Å². The Morgan fingerprint density at radius 3 is 3.56 bits per heavy atom. The summed E-state index contributed by atoms with van der Waals surface area (Å²) in [5.74, 6) is -0.0347. The van der Waals surface area contributed by atoms with Crippen LogP contribution in [0.4, 0.5) is 0 Å². The van der Waals surface area contributed by atoms with Gasteiger partial charge in [-0.15, -0.1) is 0 Å². The number of carbonyl (C=O) groups is 1. The van der Waals surface area contributed by atoms with E-state index >= 15 is 0 Å². The maximum Gasteiger partial charge on any atom is 0.226 e. The number of fused-ring (bicyclic) bond motifs is 1. The second kappa shape index (κ2) is 1.54. The van der Waals surface area contributed by atoms with Gasteiger partial charge in [-0.25, -0.2) is 0 Å². The number of ether oxygens (including phenoxy) is 1. The normalized spacial score (nSPS) is 31.8. The zero-order valence-corrected chi connectivity index (χ0v) is 4.78. The number of ketones is 1. The van der Waals surface area contributed by atoms with Gasteiger partial charge in [0.25, 0.3) is 0 Å². The highest BCUT2D eigenvalue weighted by molar-refractivity contribution is 6.30. The van der Waals surface area contributed by atoms with E-state index in [1.54, 1.807) is 5.01 Å². The molecule has 0 aromatic carbocycles. The number of carbonyl (C=O) groups excluding carboxylic acids is 1. The quantitative estimate of drug-likeness (QED) is 0.427. The minimum Gasteiger partial charge on any atom is -0.348 e. The number of hydrogen-bond acceptors (Lipinski definition) is 4. The van der Waals surface area contributed by atoms with Crippen LogP contribution in [-0.4, -0.2) is 36.4 Å². The van der Waals surface area contributed by atoms with Crippen molar-refractivity contribution in [1.82, 2.24) is 5.01 Å². The van der Waals surface area contributed by atoms with Crippen LogP contribution >= 0.6 is 0 Å². The van der Waals surface area contributed by atoms with Gasteiger partial charge in [-0.1, -0.05) is 0 Å². The number of Topliss-reactive ketones (excluding diaryl/α,β-unsaturated/α-hetero) is 1. The second-order valence-corrected chi connectivity index (χ2v) is 2.03. The summed E-state index contributed by atoms with van der Waals surface area (Å²) in [7, 11) is 0. The minimum atomic E-state index is -0.384. The molecule has 1 atom stereocenters. The predicted octanol–water partition coefficient (Wildman–Crippen LogP) is -0.787. The van der Waals surface area contributed by atoms with Crippen LogP contribution in [0.25, 0.3) is 0 Å². The largest absolute Gasteiger partial charge is 0.348 e. The van der Waals surface area contributed by atoms with Gasteiger partial charge in [-0.2, -0.15) is 5.10 Å². The van der Waals surface area contributed by atoms with Gasteiger partial charge in [0, 0.05) is 0 Å². The molecular formula is C5H6N2O2. The average molecular weight is 126 g/mol. The summed E-state index contributed by atoms with van der Waals surface area (Å²) in [6.45, 7) is 1.36. The Balaban J connectivity index is 2.24. The van der Waals surface area contributed by atoms with Crippen LogP contribution in [0.3, 0.4) is 0 Å². The number of hydrogen-bond donors (Lipinski definition) is 0. The van der Waals surface area contributed by atoms with Gasteiger partial charge < -0.3 is 4.74 Å². The van der Waals surface area contributed by atoms with Gasteiger partial charge in [0.2, 0.25) is 12.0 Å². The predicted molar refractivity (Wildman–Crippen MR) is 29.9 cm³/mol. The lowest BCUT2D eigenvalue weighted by Gasteiger charge is -2.08. The lowest BCUT2D eigenvalue weighted by molar-refractivity contribution is -0.124. The fourth-order valence-electron chi connectivity index (χ4n) is 1.00. The molecule has 9 heavy (non-hydrogen) atoms. The van der Waals surface area contributed by atoms with Crippen LogP contribution in [0.5, 0.6) is 0 Å². The maximum absolute atomic E-state index is 10.7. The molecule has 0 saturated carbocycles. The van der Waals surface area contributed by atoms with Crippen molar-refractivity contribution in [2.75, 3.05) is 13.2 Å². The monoisotopic (exact) mass is 126 g/mol. The summed E-state index contributed by atoms with van der Waals surface area (Å²) in [4.78, 5) is 10.7. The van der Waals surface area contributed by atoms with E-state index in [1.165, 1.54) is 6.21 Å². The zero-order chi connectivity index (χ0) is 6.27. The van der Waals surface area contributed by atoms with E-state index in [4.69, 9.17) is 4.74 Å². The van der Waals surface area contributed by atoms with Crippen molar-refractivity contribution in [3.63, 3.8) is 0 Å². The molecule has 4 nitrogen and oxygen atoms in total. The average Bonchev–Trinajstić information content (AvgIpc) is 2.35. The number of nitrogens with zero attached hydrogens (tertiary/aromatic N) is 2. The molecule has 1 fully saturated rings. The van der Waals surface area contributed by atoms with E-state index in [9.17, 15) is 4.79 Å². The lowest BCUT2D eigenvalue weighted by Crippen LogP contribution is -2.26. The Kier molecular flexibility index (Phi) is 0.843. The summed E-state index contributed by atoms with van der Waals surface area (Å²) in [5.41, 5.74) is 0. The van der Waals surface area contributed by atoms with E-state index in [1.807, 2.05) is 0 Å². The summed E-state index contributed by atoms with van der Waals surface area (Å²) >= 11 is 0. The van der Waals surface area contributed by atoms with Crippen LogP contribution in [0.2, 0.25) is 0 Å². The molecule has 1 saturated heterocycles. The fourth-order valence-corrected chi connectivity index (χ4v) is 1.00. The van der Waals surface area contributed by atoms with Crippen molar-refractivity contribution in [3.05, 3.63) is 0 Å². The summed E-state index contributed by atoms with van der Waals surface area (Å²) in [6.07, 6.45) is 0.925. The Morgan fingerprint density at radius 1 is 1.89 bits per heavy atom. The highest BCUT2D eigenvalue weighted by atomic mass is 16.5. The van der Waals surface area contributed by atoms with Gasteiger partial charge >= 0.3 is 0 Å². The van der Waals surface area contributed by atoms with Crippen molar-refractivity contribution in [2.45, 2.75) is 6.23 Å². The Morgan fingerprint density at radius 2 is 2.78 bits per heavy atom. The molecule has 0 N–H and O–H groups in total. The molecule has 2 aliphatic heterocycles. The van der Waals surface area contributed by atoms with Crippen LogP contribution < -0.4 is 0 Å². The van der Waals surface area contributed by atoms with Crippen molar-refractivity contribution in [1.29, 1.82) is 0 Å². The van der Waals surface area contributed by atoms with Gasteiger partial charge in [-0.05, 0) is 0 Å². The molecule has 4 heteroatoms. The summed E-state index contributed by atoms with van der Waals surface area (Å²) < 4.78 is 5.04. The topological polar surface area (TPSA) is 41.9 Å². The molecule has 2 aliphatic rings. The number of hydrazone groups is 1.